The fourth-order valence-electron chi connectivity index (χ4n) is 2.01. The molecule has 0 aromatic carbocycles. The van der Waals surface area contributed by atoms with E-state index in [-0.39, 0.29) is 23.6 Å². The second-order valence-electron chi connectivity index (χ2n) is 4.01. The minimum absolute atomic E-state index is 0.0128. The van der Waals surface area contributed by atoms with Crippen LogP contribution < -0.4 is 5.32 Å². The van der Waals surface area contributed by atoms with E-state index in [9.17, 15) is 9.59 Å². The van der Waals surface area contributed by atoms with Crippen LogP contribution in [0.2, 0.25) is 0 Å². The van der Waals surface area contributed by atoms with E-state index < -0.39 is 0 Å². The Labute approximate surface area is 98.6 Å². The van der Waals surface area contributed by atoms with Crippen LogP contribution in [0, 0.1) is 5.92 Å². The van der Waals surface area contributed by atoms with Gasteiger partial charge in [-0.25, -0.2) is 4.98 Å². The zero-order valence-electron chi connectivity index (χ0n) is 9.64. The Kier molecular flexibility index (Phi) is 3.36. The van der Waals surface area contributed by atoms with E-state index in [0.717, 1.165) is 0 Å². The lowest BCUT2D eigenvalue weighted by Gasteiger charge is -2.30. The molecule has 1 aromatic heterocycles. The van der Waals surface area contributed by atoms with Crippen molar-refractivity contribution < 1.29 is 9.59 Å². The topological polar surface area (TPSA) is 91.0 Å². The van der Waals surface area contributed by atoms with Crippen molar-refractivity contribution in [1.29, 1.82) is 0 Å². The van der Waals surface area contributed by atoms with Gasteiger partial charge in [0.1, 0.15) is 6.33 Å². The number of piperidine rings is 1. The van der Waals surface area contributed by atoms with E-state index in [0.29, 0.717) is 25.9 Å². The van der Waals surface area contributed by atoms with Gasteiger partial charge >= 0.3 is 0 Å². The first-order chi connectivity index (χ1) is 8.22. The van der Waals surface area contributed by atoms with Crippen molar-refractivity contribution in [2.75, 3.05) is 20.1 Å². The fourth-order valence-corrected chi connectivity index (χ4v) is 2.01. The molecule has 92 valence electrons. The highest BCUT2D eigenvalue weighted by Gasteiger charge is 2.28. The van der Waals surface area contributed by atoms with E-state index in [1.54, 1.807) is 11.9 Å². The van der Waals surface area contributed by atoms with Crippen LogP contribution in [0.4, 0.5) is 0 Å². The Balaban J connectivity index is 1.91. The molecule has 0 saturated carbocycles. The zero-order chi connectivity index (χ0) is 12.3. The molecule has 0 aliphatic carbocycles. The van der Waals surface area contributed by atoms with Crippen LogP contribution in [-0.4, -0.2) is 52.0 Å². The van der Waals surface area contributed by atoms with Gasteiger partial charge in [0.05, 0.1) is 0 Å². The average molecular weight is 237 g/mol. The number of carbonyl (C=O) groups excluding carboxylic acids is 2. The molecule has 17 heavy (non-hydrogen) atoms. The van der Waals surface area contributed by atoms with Crippen LogP contribution in [0.25, 0.3) is 0 Å². The Bertz CT molecular complexity index is 395. The van der Waals surface area contributed by atoms with Gasteiger partial charge in [-0.1, -0.05) is 0 Å². The average Bonchev–Trinajstić information content (AvgIpc) is 2.91. The van der Waals surface area contributed by atoms with E-state index >= 15 is 0 Å². The second-order valence-corrected chi connectivity index (χ2v) is 4.01. The maximum atomic E-state index is 11.9. The summed E-state index contributed by atoms with van der Waals surface area (Å²) >= 11 is 0. The van der Waals surface area contributed by atoms with Gasteiger partial charge in [-0.3, -0.25) is 14.7 Å². The number of amides is 2. The quantitative estimate of drug-likeness (QED) is 0.718. The highest BCUT2D eigenvalue weighted by Crippen LogP contribution is 2.18. The molecule has 2 amide bonds. The molecule has 1 saturated heterocycles. The third-order valence-corrected chi connectivity index (χ3v) is 3.02. The van der Waals surface area contributed by atoms with Crippen molar-refractivity contribution in [3.8, 4) is 0 Å². The van der Waals surface area contributed by atoms with Crippen molar-refractivity contribution in [3.63, 3.8) is 0 Å². The predicted octanol–water partition coefficient (Wildman–Crippen LogP) is -0.597. The van der Waals surface area contributed by atoms with Crippen LogP contribution in [0.3, 0.4) is 0 Å². The number of nitrogens with zero attached hydrogens (tertiary/aromatic N) is 3. The lowest BCUT2D eigenvalue weighted by Crippen LogP contribution is -2.42. The van der Waals surface area contributed by atoms with Crippen LogP contribution in [-0.2, 0) is 4.79 Å². The lowest BCUT2D eigenvalue weighted by molar-refractivity contribution is -0.125. The van der Waals surface area contributed by atoms with Crippen LogP contribution in [0.15, 0.2) is 6.33 Å². The van der Waals surface area contributed by atoms with E-state index in [4.69, 9.17) is 0 Å². The molecule has 0 unspecified atom stereocenters. The normalized spacial score (nSPS) is 16.9. The van der Waals surface area contributed by atoms with Gasteiger partial charge in [0.25, 0.3) is 5.91 Å². The van der Waals surface area contributed by atoms with Crippen molar-refractivity contribution in [2.45, 2.75) is 12.8 Å². The number of hydrogen-bond donors (Lipinski definition) is 2. The summed E-state index contributed by atoms with van der Waals surface area (Å²) in [5, 5.41) is 8.83. The number of hydrogen-bond acceptors (Lipinski definition) is 4. The number of aromatic amines is 1. The number of H-pyrrole nitrogens is 1. The number of carbonyl (C=O) groups is 2. The van der Waals surface area contributed by atoms with E-state index in [1.807, 2.05) is 0 Å². The van der Waals surface area contributed by atoms with Gasteiger partial charge in [-0.2, -0.15) is 5.10 Å². The second kappa shape index (κ2) is 4.94. The van der Waals surface area contributed by atoms with Crippen LogP contribution in [0.5, 0.6) is 0 Å². The molecule has 0 bridgehead atoms. The van der Waals surface area contributed by atoms with Gasteiger partial charge in [0.2, 0.25) is 11.7 Å². The largest absolute Gasteiger partial charge is 0.359 e. The van der Waals surface area contributed by atoms with Gasteiger partial charge in [-0.05, 0) is 12.8 Å². The number of likely N-dealkylation sites (tertiary alicyclic amines) is 1. The summed E-state index contributed by atoms with van der Waals surface area (Å²) in [5.74, 6) is 0.164. The summed E-state index contributed by atoms with van der Waals surface area (Å²) in [6, 6.07) is 0. The molecule has 7 heteroatoms. The molecule has 1 fully saturated rings. The van der Waals surface area contributed by atoms with Gasteiger partial charge in [0, 0.05) is 26.1 Å². The molecule has 2 rings (SSSR count). The van der Waals surface area contributed by atoms with Gasteiger partial charge < -0.3 is 10.2 Å². The van der Waals surface area contributed by atoms with E-state index in [2.05, 4.69) is 20.5 Å². The van der Waals surface area contributed by atoms with Crippen molar-refractivity contribution in [3.05, 3.63) is 12.2 Å². The maximum absolute atomic E-state index is 11.9. The summed E-state index contributed by atoms with van der Waals surface area (Å²) in [7, 11) is 1.63. The first-order valence-corrected chi connectivity index (χ1v) is 5.58. The Morgan fingerprint density at radius 1 is 1.47 bits per heavy atom. The monoisotopic (exact) mass is 237 g/mol. The third kappa shape index (κ3) is 2.43. The molecule has 1 aliphatic heterocycles. The first kappa shape index (κ1) is 11.6. The Morgan fingerprint density at radius 3 is 2.71 bits per heavy atom. The van der Waals surface area contributed by atoms with Crippen LogP contribution in [0.1, 0.15) is 23.5 Å². The van der Waals surface area contributed by atoms with Crippen molar-refractivity contribution >= 4 is 11.8 Å². The molecule has 0 radical (unpaired) electrons. The van der Waals surface area contributed by atoms with Crippen molar-refractivity contribution in [2.24, 2.45) is 5.92 Å². The highest BCUT2D eigenvalue weighted by atomic mass is 16.2. The summed E-state index contributed by atoms with van der Waals surface area (Å²) in [6.07, 6.45) is 2.70. The van der Waals surface area contributed by atoms with Gasteiger partial charge in [0.15, 0.2) is 0 Å². The summed E-state index contributed by atoms with van der Waals surface area (Å²) in [4.78, 5) is 28.8. The Hall–Kier alpha value is -1.92. The number of nitrogens with one attached hydrogen (secondary N) is 2. The summed E-state index contributed by atoms with van der Waals surface area (Å²) < 4.78 is 0. The molecule has 0 atom stereocenters. The summed E-state index contributed by atoms with van der Waals surface area (Å²) in [6.45, 7) is 1.16. The minimum atomic E-state index is -0.155. The molecule has 2 N–H and O–H groups in total. The molecule has 7 nitrogen and oxygen atoms in total. The van der Waals surface area contributed by atoms with Crippen LogP contribution >= 0.6 is 0 Å². The Morgan fingerprint density at radius 2 is 2.18 bits per heavy atom. The molecule has 1 aromatic rings. The molecular weight excluding hydrogens is 222 g/mol. The minimum Gasteiger partial charge on any atom is -0.359 e. The highest BCUT2D eigenvalue weighted by molar-refractivity contribution is 5.90. The van der Waals surface area contributed by atoms with E-state index in [1.165, 1.54) is 6.33 Å². The smallest absolute Gasteiger partial charge is 0.291 e. The van der Waals surface area contributed by atoms with Gasteiger partial charge in [-0.15, -0.1) is 0 Å². The SMILES string of the molecule is CNC(=O)C1CCN(C(=O)c2ncn[nH]2)CC1. The third-order valence-electron chi connectivity index (χ3n) is 3.02. The maximum Gasteiger partial charge on any atom is 0.291 e. The molecule has 0 spiro atoms. The standard InChI is InChI=1S/C10H15N5O2/c1-11-9(16)7-2-4-15(5-3-7)10(17)8-12-6-13-14-8/h6-7H,2-5H2,1H3,(H,11,16)(H,12,13,14). The number of rotatable bonds is 2. The summed E-state index contributed by atoms with van der Waals surface area (Å²) in [5.41, 5.74) is 0. The fraction of sp³-hybridized carbons (Fsp3) is 0.600. The number of aromatic nitrogens is 3. The molecule has 2 heterocycles. The zero-order valence-corrected chi connectivity index (χ0v) is 9.64. The molecule has 1 aliphatic rings. The molecular formula is C10H15N5O2. The first-order valence-electron chi connectivity index (χ1n) is 5.58. The van der Waals surface area contributed by atoms with Crippen molar-refractivity contribution in [1.82, 2.24) is 25.4 Å². The predicted molar refractivity (Wildman–Crippen MR) is 59.1 cm³/mol. The lowest BCUT2D eigenvalue weighted by atomic mass is 9.96.